The van der Waals surface area contributed by atoms with Gasteiger partial charge in [0, 0.05) is 36.1 Å². The van der Waals surface area contributed by atoms with Crippen LogP contribution in [0.2, 0.25) is 0 Å². The highest BCUT2D eigenvalue weighted by Gasteiger charge is 2.52. The van der Waals surface area contributed by atoms with Gasteiger partial charge in [-0.05, 0) is 68.0 Å². The van der Waals surface area contributed by atoms with Crippen LogP contribution >= 0.6 is 0 Å². The molecular weight excluding hydrogens is 638 g/mol. The van der Waals surface area contributed by atoms with Gasteiger partial charge in [-0.1, -0.05) is 34.6 Å². The molecule has 13 nitrogen and oxygen atoms in total. The topological polar surface area (TPSA) is 185 Å². The summed E-state index contributed by atoms with van der Waals surface area (Å²) in [6, 6.07) is -0.310. The third-order valence-corrected chi connectivity index (χ3v) is 11.3. The fraction of sp³-hybridized carbons (Fsp3) is 0.944. The first-order valence-electron chi connectivity index (χ1n) is 18.0. The number of hydrogen-bond donors (Lipinski definition) is 5. The van der Waals surface area contributed by atoms with Crippen molar-refractivity contribution in [2.75, 3.05) is 14.1 Å². The lowest BCUT2D eigenvalue weighted by Gasteiger charge is -2.48. The van der Waals surface area contributed by atoms with Crippen LogP contribution in [0, 0.1) is 29.6 Å². The van der Waals surface area contributed by atoms with Gasteiger partial charge >= 0.3 is 5.97 Å². The average molecular weight is 704 g/mol. The van der Waals surface area contributed by atoms with Gasteiger partial charge in [-0.25, -0.2) is 0 Å². The second kappa shape index (κ2) is 16.6. The second-order valence-electron chi connectivity index (χ2n) is 16.0. The van der Waals surface area contributed by atoms with E-state index in [-0.39, 0.29) is 30.8 Å². The molecule has 3 aliphatic rings. The van der Waals surface area contributed by atoms with Gasteiger partial charge in [-0.15, -0.1) is 0 Å². The maximum Gasteiger partial charge on any atom is 0.311 e. The molecule has 0 radical (unpaired) electrons. The molecule has 0 spiro atoms. The minimum absolute atomic E-state index is 0.0671. The zero-order valence-electron chi connectivity index (χ0n) is 31.6. The Balaban J connectivity index is 2.15. The fourth-order valence-corrected chi connectivity index (χ4v) is 8.17. The molecule has 0 aromatic carbocycles. The zero-order valence-corrected chi connectivity index (χ0v) is 31.6. The summed E-state index contributed by atoms with van der Waals surface area (Å²) in [5.41, 5.74) is -3.30. The van der Waals surface area contributed by atoms with Gasteiger partial charge in [0.25, 0.3) is 0 Å². The maximum atomic E-state index is 14.0. The summed E-state index contributed by atoms with van der Waals surface area (Å²) in [5.74, 6) is -4.76. The third-order valence-electron chi connectivity index (χ3n) is 11.3. The molecule has 2 unspecified atom stereocenters. The van der Waals surface area contributed by atoms with Gasteiger partial charge in [0.05, 0.1) is 47.6 Å². The molecule has 13 heteroatoms. The molecule has 286 valence electrons. The highest BCUT2D eigenvalue weighted by molar-refractivity contribution is 5.83. The molecule has 0 aromatic rings. The number of carbonyl (C=O) groups is 2. The van der Waals surface area contributed by atoms with E-state index >= 15 is 0 Å². The number of rotatable bonds is 6. The number of carbonyl (C=O) groups excluding carboxylic acids is 2. The van der Waals surface area contributed by atoms with E-state index in [0.717, 1.165) is 0 Å². The van der Waals surface area contributed by atoms with E-state index in [1.54, 1.807) is 48.5 Å². The van der Waals surface area contributed by atoms with Crippen LogP contribution in [-0.4, -0.2) is 135 Å². The summed E-state index contributed by atoms with van der Waals surface area (Å²) in [6.07, 6.45) is -8.87. The number of hydrogen-bond acceptors (Lipinski definition) is 13. The summed E-state index contributed by atoms with van der Waals surface area (Å²) in [7, 11) is 3.70. The molecule has 3 aliphatic heterocycles. The first-order chi connectivity index (χ1) is 22.5. The quantitative estimate of drug-likeness (QED) is 0.254. The minimum atomic E-state index is -1.74. The Hall–Kier alpha value is -1.26. The SMILES string of the molecule is CCC1OC(=O)[C@H](C)C(O[C@H]2C[C@@](C)(O)[C@@H](O)[C@H](C)O2)[C@H](C)[C@@H](O[C@@H]2O[C@H](C)C[C@H](N(C)C)[C@H]2O)[C@](C)(O)C[C@@H](C)C(=O)[C@H](C)[C@@H](O)[C@H]1C. The van der Waals surface area contributed by atoms with Crippen LogP contribution in [0.4, 0.5) is 0 Å². The highest BCUT2D eigenvalue weighted by Crippen LogP contribution is 2.40. The predicted molar refractivity (Wildman–Crippen MR) is 180 cm³/mol. The monoisotopic (exact) mass is 703 g/mol. The fourth-order valence-electron chi connectivity index (χ4n) is 8.17. The van der Waals surface area contributed by atoms with Gasteiger partial charge in [0.2, 0.25) is 0 Å². The minimum Gasteiger partial charge on any atom is -0.462 e. The second-order valence-corrected chi connectivity index (χ2v) is 16.0. The summed E-state index contributed by atoms with van der Waals surface area (Å²) in [4.78, 5) is 29.6. The molecule has 49 heavy (non-hydrogen) atoms. The number of aliphatic hydroxyl groups is 5. The number of ketones is 1. The van der Waals surface area contributed by atoms with Crippen molar-refractivity contribution >= 4 is 11.8 Å². The molecule has 0 aliphatic carbocycles. The van der Waals surface area contributed by atoms with Crippen LogP contribution in [0.3, 0.4) is 0 Å². The average Bonchev–Trinajstić information content (AvgIpc) is 3.01. The van der Waals surface area contributed by atoms with Gasteiger partial charge in [0.15, 0.2) is 12.6 Å². The number of aliphatic hydroxyl groups excluding tert-OH is 3. The summed E-state index contributed by atoms with van der Waals surface area (Å²) < 4.78 is 31.2. The lowest BCUT2D eigenvalue weighted by Crippen LogP contribution is -2.60. The molecule has 18 atom stereocenters. The number of esters is 1. The number of ether oxygens (including phenoxy) is 5. The Morgan fingerprint density at radius 1 is 0.837 bits per heavy atom. The van der Waals surface area contributed by atoms with E-state index in [0.29, 0.717) is 12.8 Å². The van der Waals surface area contributed by atoms with Crippen LogP contribution in [-0.2, 0) is 33.3 Å². The van der Waals surface area contributed by atoms with E-state index in [4.69, 9.17) is 23.7 Å². The molecular formula is C36H65NO12. The molecule has 0 saturated carbocycles. The van der Waals surface area contributed by atoms with E-state index < -0.39 is 102 Å². The van der Waals surface area contributed by atoms with Crippen molar-refractivity contribution in [1.82, 2.24) is 4.90 Å². The molecule has 0 amide bonds. The van der Waals surface area contributed by atoms with E-state index in [9.17, 15) is 35.1 Å². The van der Waals surface area contributed by atoms with E-state index in [1.807, 2.05) is 32.8 Å². The van der Waals surface area contributed by atoms with Crippen molar-refractivity contribution in [3.8, 4) is 0 Å². The largest absolute Gasteiger partial charge is 0.462 e. The normalized spacial score (nSPS) is 49.8. The molecule has 3 rings (SSSR count). The Kier molecular flexibility index (Phi) is 14.3. The van der Waals surface area contributed by atoms with Gasteiger partial charge in [-0.2, -0.15) is 0 Å². The van der Waals surface area contributed by atoms with Crippen molar-refractivity contribution in [3.63, 3.8) is 0 Å². The number of likely N-dealkylation sites (N-methyl/N-ethyl adjacent to an activating group) is 1. The van der Waals surface area contributed by atoms with Gasteiger partial charge in [-0.3, -0.25) is 9.59 Å². The molecule has 5 N–H and O–H groups in total. The maximum absolute atomic E-state index is 14.0. The van der Waals surface area contributed by atoms with Crippen LogP contribution in [0.1, 0.15) is 94.9 Å². The summed E-state index contributed by atoms with van der Waals surface area (Å²) in [6.45, 7) is 16.8. The van der Waals surface area contributed by atoms with Crippen LogP contribution in [0.25, 0.3) is 0 Å². The Morgan fingerprint density at radius 2 is 1.45 bits per heavy atom. The van der Waals surface area contributed by atoms with Crippen molar-refractivity contribution in [1.29, 1.82) is 0 Å². The van der Waals surface area contributed by atoms with Crippen molar-refractivity contribution in [2.45, 2.75) is 174 Å². The van der Waals surface area contributed by atoms with Crippen LogP contribution in [0.5, 0.6) is 0 Å². The van der Waals surface area contributed by atoms with Crippen LogP contribution < -0.4 is 0 Å². The van der Waals surface area contributed by atoms with Crippen molar-refractivity contribution in [2.24, 2.45) is 29.6 Å². The van der Waals surface area contributed by atoms with Crippen molar-refractivity contribution in [3.05, 3.63) is 0 Å². The Bertz CT molecular complexity index is 1100. The zero-order chi connectivity index (χ0) is 37.3. The van der Waals surface area contributed by atoms with Crippen molar-refractivity contribution < 1.29 is 58.8 Å². The van der Waals surface area contributed by atoms with Gasteiger partial charge < -0.3 is 54.1 Å². The molecule has 3 heterocycles. The Morgan fingerprint density at radius 3 is 2.00 bits per heavy atom. The lowest BCUT2D eigenvalue weighted by molar-refractivity contribution is -0.316. The third kappa shape index (κ3) is 9.60. The molecule has 3 saturated heterocycles. The van der Waals surface area contributed by atoms with Crippen LogP contribution in [0.15, 0.2) is 0 Å². The lowest BCUT2D eigenvalue weighted by atomic mass is 9.74. The standard InChI is InChI=1S/C36H65NO12/c1-13-25-19(4)28(39)20(5)27(38)17(2)15-36(10,44)32(49-34-29(40)24(37(11)12)14-18(3)45-34)21(6)30(22(7)33(42)47-25)48-26-16-35(9,43)31(41)23(8)46-26/h17-26,28-32,34,39-41,43-44H,13-16H2,1-12H3/t17-,18-,19+,20+,21+,22-,23+,24+,25?,26+,28+,29-,30?,31+,32-,34+,35-,36-/m1/s1. The first kappa shape index (κ1) is 42.2. The summed E-state index contributed by atoms with van der Waals surface area (Å²) in [5, 5.41) is 56.6. The number of Topliss-reactive ketones (excluding diaryl/α,β-unsaturated/α-hetero) is 1. The predicted octanol–water partition coefficient (Wildman–Crippen LogP) is 2.02. The smallest absolute Gasteiger partial charge is 0.311 e. The number of nitrogens with zero attached hydrogens (tertiary/aromatic N) is 1. The van der Waals surface area contributed by atoms with E-state index in [1.165, 1.54) is 6.92 Å². The first-order valence-corrected chi connectivity index (χ1v) is 18.0. The van der Waals surface area contributed by atoms with Gasteiger partial charge in [0.1, 0.15) is 24.1 Å². The molecule has 3 fully saturated rings. The molecule has 0 bridgehead atoms. The molecule has 0 aromatic heterocycles. The highest BCUT2D eigenvalue weighted by atomic mass is 16.7. The summed E-state index contributed by atoms with van der Waals surface area (Å²) >= 11 is 0. The Labute approximate surface area is 292 Å². The van der Waals surface area contributed by atoms with E-state index in [2.05, 4.69) is 0 Å². The number of cyclic esters (lactones) is 1.